The summed E-state index contributed by atoms with van der Waals surface area (Å²) in [7, 11) is -2.01. The number of hydrogen-bond acceptors (Lipinski definition) is 4. The van der Waals surface area contributed by atoms with Gasteiger partial charge in [0.05, 0.1) is 10.9 Å². The fourth-order valence-corrected chi connectivity index (χ4v) is 4.48. The molecule has 31 heavy (non-hydrogen) atoms. The fourth-order valence-electron chi connectivity index (χ4n) is 2.98. The van der Waals surface area contributed by atoms with Crippen molar-refractivity contribution in [3.8, 4) is 0 Å². The first-order valence-corrected chi connectivity index (χ1v) is 12.4. The van der Waals surface area contributed by atoms with E-state index in [0.717, 1.165) is 21.8 Å². The number of primary sulfonamides is 1. The second-order valence-corrected chi connectivity index (χ2v) is 10.2. The summed E-state index contributed by atoms with van der Waals surface area (Å²) < 4.78 is 22.8. The summed E-state index contributed by atoms with van der Waals surface area (Å²) in [6, 6.07) is 21.3. The molecule has 1 atom stereocenters. The monoisotopic (exact) mass is 474 g/mol. The van der Waals surface area contributed by atoms with E-state index in [1.807, 2.05) is 55.5 Å². The molecule has 0 heterocycles. The molecule has 162 valence electrons. The van der Waals surface area contributed by atoms with Gasteiger partial charge in [0, 0.05) is 28.3 Å². The highest BCUT2D eigenvalue weighted by Gasteiger charge is 2.19. The Kier molecular flexibility index (Phi) is 7.43. The lowest BCUT2D eigenvalue weighted by Gasteiger charge is -2.25. The van der Waals surface area contributed by atoms with Crippen molar-refractivity contribution in [3.63, 3.8) is 0 Å². The normalized spacial score (nSPS) is 12.4. The summed E-state index contributed by atoms with van der Waals surface area (Å²) in [5.74, 6) is 0.679. The van der Waals surface area contributed by atoms with E-state index in [2.05, 4.69) is 0 Å². The van der Waals surface area contributed by atoms with E-state index < -0.39 is 10.0 Å². The van der Waals surface area contributed by atoms with Crippen molar-refractivity contribution in [3.05, 3.63) is 94.5 Å². The maximum Gasteiger partial charge on any atom is 0.254 e. The summed E-state index contributed by atoms with van der Waals surface area (Å²) in [6.07, 6.45) is 0. The Morgan fingerprint density at radius 1 is 1.00 bits per heavy atom. The first-order chi connectivity index (χ1) is 14.6. The van der Waals surface area contributed by atoms with Gasteiger partial charge in [0.2, 0.25) is 10.0 Å². The molecule has 0 saturated carbocycles. The molecule has 0 spiro atoms. The molecule has 0 aliphatic carbocycles. The van der Waals surface area contributed by atoms with Crippen LogP contribution in [0.3, 0.4) is 0 Å². The SMILES string of the molecule is CC(c1ccc(S(N)(=O)=O)cc1)N(C)C(=O)c1ccc(CSc2ccc(Cl)cc2)cc1. The number of sulfonamides is 1. The van der Waals surface area contributed by atoms with Crippen LogP contribution in [0.25, 0.3) is 0 Å². The van der Waals surface area contributed by atoms with E-state index in [1.54, 1.807) is 35.8 Å². The Bertz CT molecular complexity index is 1150. The Hall–Kier alpha value is -2.32. The third kappa shape index (κ3) is 6.11. The highest BCUT2D eigenvalue weighted by atomic mass is 35.5. The van der Waals surface area contributed by atoms with Gasteiger partial charge in [-0.1, -0.05) is 35.9 Å². The molecule has 8 heteroatoms. The number of rotatable bonds is 7. The largest absolute Gasteiger partial charge is 0.335 e. The van der Waals surface area contributed by atoms with Gasteiger partial charge in [-0.15, -0.1) is 11.8 Å². The molecule has 0 fully saturated rings. The van der Waals surface area contributed by atoms with Gasteiger partial charge in [-0.2, -0.15) is 0 Å². The van der Waals surface area contributed by atoms with Gasteiger partial charge in [0.15, 0.2) is 0 Å². The van der Waals surface area contributed by atoms with Crippen molar-refractivity contribution in [2.75, 3.05) is 7.05 Å². The third-order valence-electron chi connectivity index (χ3n) is 5.01. The molecule has 1 unspecified atom stereocenters. The maximum atomic E-state index is 12.9. The van der Waals surface area contributed by atoms with Crippen LogP contribution in [0, 0.1) is 0 Å². The zero-order valence-corrected chi connectivity index (χ0v) is 19.5. The summed E-state index contributed by atoms with van der Waals surface area (Å²) >= 11 is 7.62. The lowest BCUT2D eigenvalue weighted by atomic mass is 10.1. The smallest absolute Gasteiger partial charge is 0.254 e. The highest BCUT2D eigenvalue weighted by Crippen LogP contribution is 2.25. The van der Waals surface area contributed by atoms with Crippen LogP contribution in [0.2, 0.25) is 5.02 Å². The number of nitrogens with zero attached hydrogens (tertiary/aromatic N) is 1. The lowest BCUT2D eigenvalue weighted by molar-refractivity contribution is 0.0742. The van der Waals surface area contributed by atoms with E-state index >= 15 is 0 Å². The average molecular weight is 475 g/mol. The van der Waals surface area contributed by atoms with E-state index in [4.69, 9.17) is 16.7 Å². The van der Waals surface area contributed by atoms with Crippen LogP contribution in [0.5, 0.6) is 0 Å². The van der Waals surface area contributed by atoms with Crippen molar-refractivity contribution in [1.29, 1.82) is 0 Å². The van der Waals surface area contributed by atoms with Crippen LogP contribution < -0.4 is 5.14 Å². The summed E-state index contributed by atoms with van der Waals surface area (Å²) in [5, 5.41) is 5.85. The van der Waals surface area contributed by atoms with Crippen molar-refractivity contribution >= 4 is 39.3 Å². The second-order valence-electron chi connectivity index (χ2n) is 7.15. The number of thioether (sulfide) groups is 1. The number of carbonyl (C=O) groups excluding carboxylic acids is 1. The van der Waals surface area contributed by atoms with E-state index in [9.17, 15) is 13.2 Å². The van der Waals surface area contributed by atoms with Crippen LogP contribution in [-0.2, 0) is 15.8 Å². The van der Waals surface area contributed by atoms with Crippen LogP contribution in [0.15, 0.2) is 82.6 Å². The Morgan fingerprint density at radius 2 is 1.58 bits per heavy atom. The van der Waals surface area contributed by atoms with Crippen LogP contribution in [-0.4, -0.2) is 26.3 Å². The van der Waals surface area contributed by atoms with Crippen LogP contribution in [0.4, 0.5) is 0 Å². The molecular formula is C23H23ClN2O3S2. The van der Waals surface area contributed by atoms with Crippen LogP contribution >= 0.6 is 23.4 Å². The topological polar surface area (TPSA) is 80.5 Å². The van der Waals surface area contributed by atoms with Gasteiger partial charge in [-0.05, 0) is 66.6 Å². The third-order valence-corrected chi connectivity index (χ3v) is 7.28. The number of amides is 1. The first kappa shape index (κ1) is 23.3. The minimum Gasteiger partial charge on any atom is -0.335 e. The summed E-state index contributed by atoms with van der Waals surface area (Å²) in [4.78, 5) is 15.7. The number of carbonyl (C=O) groups is 1. The van der Waals surface area contributed by atoms with Gasteiger partial charge < -0.3 is 4.90 Å². The molecule has 3 rings (SSSR count). The van der Waals surface area contributed by atoms with Gasteiger partial charge in [-0.25, -0.2) is 13.6 Å². The average Bonchev–Trinajstić information content (AvgIpc) is 2.77. The predicted molar refractivity (Wildman–Crippen MR) is 126 cm³/mol. The Balaban J connectivity index is 1.63. The van der Waals surface area contributed by atoms with Gasteiger partial charge in [-0.3, -0.25) is 4.79 Å². The molecule has 0 bridgehead atoms. The molecule has 2 N–H and O–H groups in total. The minimum atomic E-state index is -3.74. The van der Waals surface area contributed by atoms with Crippen molar-refractivity contribution in [1.82, 2.24) is 4.90 Å². The zero-order valence-electron chi connectivity index (χ0n) is 17.2. The second kappa shape index (κ2) is 9.87. The predicted octanol–water partition coefficient (Wildman–Crippen LogP) is 5.11. The molecule has 0 radical (unpaired) electrons. The molecular weight excluding hydrogens is 452 g/mol. The lowest BCUT2D eigenvalue weighted by Crippen LogP contribution is -2.29. The number of nitrogens with two attached hydrogens (primary N) is 1. The summed E-state index contributed by atoms with van der Waals surface area (Å²) in [5.41, 5.74) is 2.53. The minimum absolute atomic E-state index is 0.0458. The van der Waals surface area contributed by atoms with Crippen molar-refractivity contribution in [2.24, 2.45) is 5.14 Å². The molecule has 3 aromatic rings. The number of benzene rings is 3. The maximum absolute atomic E-state index is 12.9. The highest BCUT2D eigenvalue weighted by molar-refractivity contribution is 7.98. The van der Waals surface area contributed by atoms with Gasteiger partial charge >= 0.3 is 0 Å². The number of hydrogen-bond donors (Lipinski definition) is 1. The molecule has 0 aromatic heterocycles. The molecule has 5 nitrogen and oxygen atoms in total. The zero-order chi connectivity index (χ0) is 22.6. The van der Waals surface area contributed by atoms with E-state index in [1.165, 1.54) is 12.1 Å². The quantitative estimate of drug-likeness (QED) is 0.482. The van der Waals surface area contributed by atoms with Gasteiger partial charge in [0.1, 0.15) is 0 Å². The Morgan fingerprint density at radius 3 is 2.13 bits per heavy atom. The molecule has 0 aliphatic heterocycles. The van der Waals surface area contributed by atoms with E-state index in [0.29, 0.717) is 10.6 Å². The molecule has 1 amide bonds. The molecule has 3 aromatic carbocycles. The fraction of sp³-hybridized carbons (Fsp3) is 0.174. The standard InChI is InChI=1S/C23H23ClN2O3S2/c1-16(18-7-13-22(14-8-18)31(25,28)29)26(2)23(27)19-5-3-17(4-6-19)15-30-21-11-9-20(24)10-12-21/h3-14,16H,15H2,1-2H3,(H2,25,28,29). The number of halogens is 1. The summed E-state index contributed by atoms with van der Waals surface area (Å²) in [6.45, 7) is 1.89. The van der Waals surface area contributed by atoms with Crippen molar-refractivity contribution < 1.29 is 13.2 Å². The Labute approximate surface area is 192 Å². The van der Waals surface area contributed by atoms with Crippen molar-refractivity contribution in [2.45, 2.75) is 28.5 Å². The molecule has 0 saturated heterocycles. The van der Waals surface area contributed by atoms with E-state index in [-0.39, 0.29) is 16.8 Å². The molecule has 0 aliphatic rings. The first-order valence-electron chi connectivity index (χ1n) is 9.52. The van der Waals surface area contributed by atoms with Gasteiger partial charge in [0.25, 0.3) is 5.91 Å². The van der Waals surface area contributed by atoms with Crippen LogP contribution in [0.1, 0.15) is 34.5 Å².